The van der Waals surface area contributed by atoms with Crippen LogP contribution in [0.25, 0.3) is 0 Å². The van der Waals surface area contributed by atoms with Crippen molar-refractivity contribution >= 4 is 21.6 Å². The number of amides is 1. The number of anilines is 1. The molecule has 0 aliphatic rings. The summed E-state index contributed by atoms with van der Waals surface area (Å²) in [5.41, 5.74) is 1.54. The summed E-state index contributed by atoms with van der Waals surface area (Å²) in [4.78, 5) is 12.7. The smallest absolute Gasteiger partial charge is 0.242 e. The summed E-state index contributed by atoms with van der Waals surface area (Å²) in [7, 11) is -0.500. The van der Waals surface area contributed by atoms with Gasteiger partial charge in [0.15, 0.2) is 0 Å². The van der Waals surface area contributed by atoms with Gasteiger partial charge in [0.25, 0.3) is 0 Å². The molecular weight excluding hydrogens is 324 g/mol. The summed E-state index contributed by atoms with van der Waals surface area (Å²) in [6.07, 6.45) is 0.683. The Morgan fingerprint density at radius 2 is 1.62 bits per heavy atom. The molecule has 0 aliphatic heterocycles. The number of hydrogen-bond acceptors (Lipinski definition) is 3. The normalized spacial score (nSPS) is 12.8. The van der Waals surface area contributed by atoms with E-state index in [-0.39, 0.29) is 16.7 Å². The molecule has 128 valence electrons. The monoisotopic (exact) mass is 346 g/mol. The molecular formula is C18H22N2O3S. The van der Waals surface area contributed by atoms with E-state index in [9.17, 15) is 13.2 Å². The highest BCUT2D eigenvalue weighted by molar-refractivity contribution is 7.89. The fourth-order valence-corrected chi connectivity index (χ4v) is 3.31. The van der Waals surface area contributed by atoms with E-state index in [4.69, 9.17) is 0 Å². The summed E-state index contributed by atoms with van der Waals surface area (Å²) >= 11 is 0. The first-order valence-electron chi connectivity index (χ1n) is 7.74. The largest absolute Gasteiger partial charge is 0.326 e. The van der Waals surface area contributed by atoms with E-state index < -0.39 is 10.0 Å². The molecule has 0 radical (unpaired) electrons. The molecule has 0 fully saturated rings. The Hall–Kier alpha value is -2.18. The Bertz CT molecular complexity index is 785. The van der Waals surface area contributed by atoms with Gasteiger partial charge >= 0.3 is 0 Å². The first-order chi connectivity index (χ1) is 11.4. The standard InChI is InChI=1S/C18H22N2O3S/c1-4-17(14-8-6-5-7-9-14)18(21)19-15-10-12-16(13-11-15)24(22,23)20(2)3/h5-13,17H,4H2,1-3H3,(H,19,21). The van der Waals surface area contributed by atoms with Gasteiger partial charge in [-0.3, -0.25) is 4.79 Å². The highest BCUT2D eigenvalue weighted by atomic mass is 32.2. The third kappa shape index (κ3) is 4.01. The highest BCUT2D eigenvalue weighted by Gasteiger charge is 2.20. The minimum atomic E-state index is -3.47. The van der Waals surface area contributed by atoms with E-state index in [1.807, 2.05) is 37.3 Å². The van der Waals surface area contributed by atoms with Gasteiger partial charge in [0.1, 0.15) is 0 Å². The third-order valence-corrected chi connectivity index (χ3v) is 5.66. The maximum atomic E-state index is 12.5. The molecule has 2 aromatic rings. The van der Waals surface area contributed by atoms with E-state index in [0.717, 1.165) is 9.87 Å². The number of carbonyl (C=O) groups excluding carboxylic acids is 1. The quantitative estimate of drug-likeness (QED) is 0.874. The second-order valence-corrected chi connectivity index (χ2v) is 7.82. The molecule has 2 aromatic carbocycles. The predicted octanol–water partition coefficient (Wildman–Crippen LogP) is 3.07. The molecule has 5 nitrogen and oxygen atoms in total. The van der Waals surface area contributed by atoms with Gasteiger partial charge < -0.3 is 5.32 Å². The molecule has 1 atom stereocenters. The maximum Gasteiger partial charge on any atom is 0.242 e. The van der Waals surface area contributed by atoms with Gasteiger partial charge in [-0.2, -0.15) is 0 Å². The topological polar surface area (TPSA) is 66.5 Å². The van der Waals surface area contributed by atoms with Crippen LogP contribution in [0.3, 0.4) is 0 Å². The van der Waals surface area contributed by atoms with Crippen molar-refractivity contribution in [3.63, 3.8) is 0 Å². The first kappa shape index (κ1) is 18.2. The van der Waals surface area contributed by atoms with Crippen molar-refractivity contribution in [3.8, 4) is 0 Å². The minimum absolute atomic E-state index is 0.105. The fourth-order valence-electron chi connectivity index (χ4n) is 2.41. The van der Waals surface area contributed by atoms with E-state index in [0.29, 0.717) is 12.1 Å². The van der Waals surface area contributed by atoms with Crippen LogP contribution in [0.1, 0.15) is 24.8 Å². The Morgan fingerprint density at radius 3 is 2.12 bits per heavy atom. The van der Waals surface area contributed by atoms with Gasteiger partial charge in [-0.15, -0.1) is 0 Å². The number of rotatable bonds is 6. The van der Waals surface area contributed by atoms with Crippen LogP contribution in [-0.4, -0.2) is 32.7 Å². The SMILES string of the molecule is CCC(C(=O)Nc1ccc(S(=O)(=O)N(C)C)cc1)c1ccccc1. The zero-order valence-electron chi connectivity index (χ0n) is 14.1. The van der Waals surface area contributed by atoms with Gasteiger partial charge in [-0.25, -0.2) is 12.7 Å². The van der Waals surface area contributed by atoms with Gasteiger partial charge in [0.05, 0.1) is 10.8 Å². The minimum Gasteiger partial charge on any atom is -0.326 e. The molecule has 1 unspecified atom stereocenters. The van der Waals surface area contributed by atoms with Crippen molar-refractivity contribution in [2.24, 2.45) is 0 Å². The zero-order valence-corrected chi connectivity index (χ0v) is 14.9. The van der Waals surface area contributed by atoms with Gasteiger partial charge in [0.2, 0.25) is 15.9 Å². The summed E-state index contributed by atoms with van der Waals surface area (Å²) < 4.78 is 25.2. The van der Waals surface area contributed by atoms with Crippen LogP contribution in [0.4, 0.5) is 5.69 Å². The van der Waals surface area contributed by atoms with Crippen LogP contribution in [0, 0.1) is 0 Å². The van der Waals surface area contributed by atoms with E-state index in [2.05, 4.69) is 5.32 Å². The average Bonchev–Trinajstić information content (AvgIpc) is 2.57. The Balaban J connectivity index is 2.15. The van der Waals surface area contributed by atoms with Gasteiger partial charge in [0, 0.05) is 19.8 Å². The second kappa shape index (κ2) is 7.59. The molecule has 0 saturated carbocycles. The van der Waals surface area contributed by atoms with Gasteiger partial charge in [-0.1, -0.05) is 37.3 Å². The zero-order chi connectivity index (χ0) is 17.7. The van der Waals surface area contributed by atoms with Crippen LogP contribution in [0.15, 0.2) is 59.5 Å². The lowest BCUT2D eigenvalue weighted by atomic mass is 9.95. The number of sulfonamides is 1. The lowest BCUT2D eigenvalue weighted by molar-refractivity contribution is -0.117. The summed E-state index contributed by atoms with van der Waals surface area (Å²) in [6.45, 7) is 1.96. The second-order valence-electron chi connectivity index (χ2n) is 5.67. The molecule has 0 bridgehead atoms. The Morgan fingerprint density at radius 1 is 1.04 bits per heavy atom. The third-order valence-electron chi connectivity index (χ3n) is 3.83. The van der Waals surface area contributed by atoms with Crippen LogP contribution >= 0.6 is 0 Å². The van der Waals surface area contributed by atoms with E-state index in [1.165, 1.54) is 26.2 Å². The Kier molecular flexibility index (Phi) is 5.75. The number of carbonyl (C=O) groups is 1. The van der Waals surface area contributed by atoms with E-state index >= 15 is 0 Å². The summed E-state index contributed by atoms with van der Waals surface area (Å²) in [5, 5.41) is 2.85. The number of nitrogens with zero attached hydrogens (tertiary/aromatic N) is 1. The number of hydrogen-bond donors (Lipinski definition) is 1. The molecule has 24 heavy (non-hydrogen) atoms. The Labute approximate surface area is 143 Å². The van der Waals surface area contributed by atoms with Crippen molar-refractivity contribution in [2.75, 3.05) is 19.4 Å². The molecule has 1 N–H and O–H groups in total. The fraction of sp³-hybridized carbons (Fsp3) is 0.278. The maximum absolute atomic E-state index is 12.5. The van der Waals surface area contributed by atoms with Crippen molar-refractivity contribution in [1.29, 1.82) is 0 Å². The molecule has 0 saturated heterocycles. The van der Waals surface area contributed by atoms with E-state index in [1.54, 1.807) is 12.1 Å². The highest BCUT2D eigenvalue weighted by Crippen LogP contribution is 2.22. The molecule has 2 rings (SSSR count). The molecule has 1 amide bonds. The van der Waals surface area contributed by atoms with Gasteiger partial charge in [-0.05, 0) is 36.2 Å². The number of nitrogens with one attached hydrogen (secondary N) is 1. The van der Waals surface area contributed by atoms with Crippen molar-refractivity contribution in [1.82, 2.24) is 4.31 Å². The number of benzene rings is 2. The van der Waals surface area contributed by atoms with Crippen molar-refractivity contribution < 1.29 is 13.2 Å². The van der Waals surface area contributed by atoms with Crippen molar-refractivity contribution in [2.45, 2.75) is 24.2 Å². The van der Waals surface area contributed by atoms with Crippen LogP contribution in [-0.2, 0) is 14.8 Å². The lowest BCUT2D eigenvalue weighted by Gasteiger charge is -2.16. The van der Waals surface area contributed by atoms with Crippen LogP contribution in [0.2, 0.25) is 0 Å². The summed E-state index contributed by atoms with van der Waals surface area (Å²) in [6, 6.07) is 15.8. The molecule has 0 spiro atoms. The lowest BCUT2D eigenvalue weighted by Crippen LogP contribution is -2.22. The summed E-state index contributed by atoms with van der Waals surface area (Å²) in [5.74, 6) is -0.344. The predicted molar refractivity (Wildman–Crippen MR) is 95.4 cm³/mol. The van der Waals surface area contributed by atoms with Crippen LogP contribution < -0.4 is 5.32 Å². The van der Waals surface area contributed by atoms with Crippen LogP contribution in [0.5, 0.6) is 0 Å². The average molecular weight is 346 g/mol. The molecule has 0 heterocycles. The molecule has 0 aromatic heterocycles. The first-order valence-corrected chi connectivity index (χ1v) is 9.18. The molecule has 6 heteroatoms. The van der Waals surface area contributed by atoms with Crippen molar-refractivity contribution in [3.05, 3.63) is 60.2 Å². The molecule has 0 aliphatic carbocycles.